The van der Waals surface area contributed by atoms with E-state index in [9.17, 15) is 29.4 Å². The van der Waals surface area contributed by atoms with Gasteiger partial charge in [0.2, 0.25) is 6.10 Å². The summed E-state index contributed by atoms with van der Waals surface area (Å²) in [5.74, 6) is -5.00. The lowest BCUT2D eigenvalue weighted by Crippen LogP contribution is -2.58. The molecule has 222 valence electrons. The highest BCUT2D eigenvalue weighted by Gasteiger charge is 2.69. The van der Waals surface area contributed by atoms with Crippen molar-refractivity contribution in [1.29, 1.82) is 0 Å². The van der Waals surface area contributed by atoms with Crippen molar-refractivity contribution in [3.8, 4) is 0 Å². The second-order valence-electron chi connectivity index (χ2n) is 11.4. The Labute approximate surface area is 234 Å². The van der Waals surface area contributed by atoms with Gasteiger partial charge in [0.15, 0.2) is 0 Å². The number of halogens is 1. The van der Waals surface area contributed by atoms with Crippen LogP contribution in [0.5, 0.6) is 0 Å². The Morgan fingerprint density at radius 2 is 1.62 bits per heavy atom. The van der Waals surface area contributed by atoms with Gasteiger partial charge in [-0.2, -0.15) is 0 Å². The molecule has 0 saturated heterocycles. The lowest BCUT2D eigenvalue weighted by Gasteiger charge is -2.43. The van der Waals surface area contributed by atoms with Crippen LogP contribution >= 0.6 is 11.6 Å². The van der Waals surface area contributed by atoms with Crippen LogP contribution in [0.25, 0.3) is 0 Å². The first-order chi connectivity index (χ1) is 18.0. The summed E-state index contributed by atoms with van der Waals surface area (Å²) in [7, 11) is 0. The van der Waals surface area contributed by atoms with E-state index in [1.165, 1.54) is 0 Å². The first-order valence-corrected chi connectivity index (χ1v) is 13.7. The summed E-state index contributed by atoms with van der Waals surface area (Å²) in [6, 6.07) is 0. The van der Waals surface area contributed by atoms with Crippen LogP contribution in [0.2, 0.25) is 0 Å². The third kappa shape index (κ3) is 7.85. The van der Waals surface area contributed by atoms with E-state index in [2.05, 4.69) is 0 Å². The van der Waals surface area contributed by atoms with Crippen LogP contribution in [0, 0.1) is 23.7 Å². The average molecular weight is 577 g/mol. The molecule has 0 amide bonds. The van der Waals surface area contributed by atoms with E-state index >= 15 is 0 Å². The average Bonchev–Trinajstić information content (AvgIpc) is 3.02. The molecule has 2 rings (SSSR count). The zero-order chi connectivity index (χ0) is 29.7. The molecular weight excluding hydrogens is 536 g/mol. The monoisotopic (exact) mass is 576 g/mol. The smallest absolute Gasteiger partial charge is 0.348 e. The predicted octanol–water partition coefficient (Wildman–Crippen LogP) is 2.63. The summed E-state index contributed by atoms with van der Waals surface area (Å²) in [5.41, 5.74) is -4.03. The Hall–Kier alpha value is -2.37. The van der Waals surface area contributed by atoms with Gasteiger partial charge < -0.3 is 33.9 Å². The number of carbonyl (C=O) groups excluding carboxylic acids is 4. The molecule has 0 aromatic heterocycles. The van der Waals surface area contributed by atoms with Gasteiger partial charge >= 0.3 is 23.9 Å². The number of alkyl halides is 1. The SMILES string of the molecule is CC(=O)O[C@H]1C[C@]2(O)C(COC(=O)[C@H](OC(=O)CC(C)C)C(C)C)=CO[C@@H](OC(=O)CC(C)C)C2[C@@]1(O)CCl. The number of aliphatic hydroxyl groups is 2. The minimum Gasteiger partial charge on any atom is -0.462 e. The Morgan fingerprint density at radius 1 is 1.03 bits per heavy atom. The molecule has 1 saturated carbocycles. The maximum Gasteiger partial charge on any atom is 0.348 e. The third-order valence-electron chi connectivity index (χ3n) is 6.67. The summed E-state index contributed by atoms with van der Waals surface area (Å²) in [6.45, 7) is 11.3. The molecule has 0 bridgehead atoms. The first-order valence-electron chi connectivity index (χ1n) is 13.1. The lowest BCUT2D eigenvalue weighted by molar-refractivity contribution is -0.228. The van der Waals surface area contributed by atoms with Gasteiger partial charge in [0.1, 0.15) is 23.9 Å². The van der Waals surface area contributed by atoms with Crippen LogP contribution in [0.4, 0.5) is 0 Å². The molecule has 0 spiro atoms. The van der Waals surface area contributed by atoms with E-state index in [0.29, 0.717) is 0 Å². The van der Waals surface area contributed by atoms with E-state index < -0.39 is 77.9 Å². The van der Waals surface area contributed by atoms with Crippen molar-refractivity contribution < 1.29 is 53.1 Å². The van der Waals surface area contributed by atoms with Gasteiger partial charge in [0.05, 0.1) is 18.1 Å². The number of carbonyl (C=O) groups is 4. The maximum absolute atomic E-state index is 12.9. The van der Waals surface area contributed by atoms with Gasteiger partial charge in [-0.15, -0.1) is 11.6 Å². The molecule has 0 radical (unpaired) electrons. The summed E-state index contributed by atoms with van der Waals surface area (Å²) >= 11 is 6.13. The van der Waals surface area contributed by atoms with E-state index in [4.69, 9.17) is 35.3 Å². The molecule has 1 fully saturated rings. The number of ether oxygens (including phenoxy) is 5. The van der Waals surface area contributed by atoms with E-state index in [-0.39, 0.29) is 36.7 Å². The van der Waals surface area contributed by atoms with Gasteiger partial charge in [0.25, 0.3) is 6.29 Å². The normalized spacial score (nSPS) is 28.8. The fourth-order valence-corrected chi connectivity index (χ4v) is 5.15. The van der Waals surface area contributed by atoms with Crippen molar-refractivity contribution in [1.82, 2.24) is 0 Å². The van der Waals surface area contributed by atoms with Gasteiger partial charge in [0, 0.05) is 37.7 Å². The Bertz CT molecular complexity index is 946. The minimum absolute atomic E-state index is 0.0196. The van der Waals surface area contributed by atoms with Crippen molar-refractivity contribution in [3.05, 3.63) is 11.8 Å². The Balaban J connectivity index is 2.33. The van der Waals surface area contributed by atoms with Crippen LogP contribution in [0.1, 0.15) is 67.7 Å². The number of esters is 4. The Kier molecular flexibility index (Phi) is 11.2. The second-order valence-corrected chi connectivity index (χ2v) is 11.7. The number of fused-ring (bicyclic) bond motifs is 1. The summed E-state index contributed by atoms with van der Waals surface area (Å²) in [4.78, 5) is 49.3. The molecule has 2 N–H and O–H groups in total. The predicted molar refractivity (Wildman–Crippen MR) is 138 cm³/mol. The molecule has 6 atom stereocenters. The molecule has 0 aromatic rings. The molecule has 2 aliphatic rings. The van der Waals surface area contributed by atoms with Crippen LogP contribution in [-0.4, -0.2) is 76.3 Å². The summed E-state index contributed by atoms with van der Waals surface area (Å²) in [6.07, 6.45) is -2.99. The molecule has 11 nitrogen and oxygen atoms in total. The highest BCUT2D eigenvalue weighted by Crippen LogP contribution is 2.53. The van der Waals surface area contributed by atoms with Gasteiger partial charge in [-0.1, -0.05) is 41.5 Å². The van der Waals surface area contributed by atoms with Crippen LogP contribution < -0.4 is 0 Å². The minimum atomic E-state index is -2.05. The van der Waals surface area contributed by atoms with Crippen LogP contribution in [-0.2, 0) is 42.9 Å². The van der Waals surface area contributed by atoms with Gasteiger partial charge in [-0.3, -0.25) is 14.4 Å². The molecule has 39 heavy (non-hydrogen) atoms. The quantitative estimate of drug-likeness (QED) is 0.200. The van der Waals surface area contributed by atoms with Crippen molar-refractivity contribution in [2.24, 2.45) is 23.7 Å². The van der Waals surface area contributed by atoms with Crippen molar-refractivity contribution >= 4 is 35.5 Å². The molecular formula is C27H41ClO11. The van der Waals surface area contributed by atoms with Crippen LogP contribution in [0.3, 0.4) is 0 Å². The zero-order valence-corrected chi connectivity index (χ0v) is 24.4. The largest absolute Gasteiger partial charge is 0.462 e. The third-order valence-corrected chi connectivity index (χ3v) is 7.09. The fraction of sp³-hybridized carbons (Fsp3) is 0.778. The maximum atomic E-state index is 12.9. The standard InChI is InChI=1S/C27H41ClO11/c1-14(2)8-20(30)38-22(16(5)6)24(32)35-11-18-12-36-25(39-21(31)9-15(3)4)23-26(18,33)10-19(37-17(7)29)27(23,34)13-28/h12,14-16,19,22-23,25,33-34H,8-11,13H2,1-7H3/t19-,22+,23?,25-,26-,27+/m0/s1. The van der Waals surface area contributed by atoms with Gasteiger partial charge in [-0.05, 0) is 11.8 Å². The summed E-state index contributed by atoms with van der Waals surface area (Å²) in [5, 5.41) is 23.4. The molecule has 1 aliphatic carbocycles. The molecule has 0 aromatic carbocycles. The molecule has 1 heterocycles. The first kappa shape index (κ1) is 32.8. The lowest BCUT2D eigenvalue weighted by atomic mass is 9.77. The molecule has 1 unspecified atom stereocenters. The summed E-state index contributed by atoms with van der Waals surface area (Å²) < 4.78 is 27.1. The molecule has 12 heteroatoms. The van der Waals surface area contributed by atoms with E-state index in [1.807, 2.05) is 27.7 Å². The zero-order valence-electron chi connectivity index (χ0n) is 23.6. The van der Waals surface area contributed by atoms with Gasteiger partial charge in [-0.25, -0.2) is 4.79 Å². The van der Waals surface area contributed by atoms with Crippen LogP contribution in [0.15, 0.2) is 11.8 Å². The molecule has 1 aliphatic heterocycles. The Morgan fingerprint density at radius 3 is 2.13 bits per heavy atom. The second kappa shape index (κ2) is 13.3. The topological polar surface area (TPSA) is 155 Å². The van der Waals surface area contributed by atoms with E-state index in [1.54, 1.807) is 13.8 Å². The number of rotatable bonds is 12. The van der Waals surface area contributed by atoms with Crippen molar-refractivity contribution in [2.45, 2.75) is 97.4 Å². The van der Waals surface area contributed by atoms with Crippen molar-refractivity contribution in [2.75, 3.05) is 12.5 Å². The highest BCUT2D eigenvalue weighted by molar-refractivity contribution is 6.18. The van der Waals surface area contributed by atoms with E-state index in [0.717, 1.165) is 13.2 Å². The highest BCUT2D eigenvalue weighted by atomic mass is 35.5. The fourth-order valence-electron chi connectivity index (χ4n) is 4.81. The number of hydrogen-bond acceptors (Lipinski definition) is 11. The van der Waals surface area contributed by atoms with Crippen molar-refractivity contribution in [3.63, 3.8) is 0 Å². The number of hydrogen-bond donors (Lipinski definition) is 2.